The van der Waals surface area contributed by atoms with Crippen LogP contribution in [0.5, 0.6) is 5.75 Å². The molecule has 0 bridgehead atoms. The Balaban J connectivity index is 1.59. The van der Waals surface area contributed by atoms with Gasteiger partial charge in [0.05, 0.1) is 23.4 Å². The van der Waals surface area contributed by atoms with Crippen LogP contribution in [0.2, 0.25) is 0 Å². The fourth-order valence-corrected chi connectivity index (χ4v) is 5.32. The van der Waals surface area contributed by atoms with Crippen LogP contribution in [0.25, 0.3) is 0 Å². The Morgan fingerprint density at radius 3 is 2.67 bits per heavy atom. The maximum Gasteiger partial charge on any atom is 0.225 e. The van der Waals surface area contributed by atoms with Gasteiger partial charge < -0.3 is 15.4 Å². The maximum atomic E-state index is 12.7. The molecule has 1 aliphatic rings. The van der Waals surface area contributed by atoms with Crippen molar-refractivity contribution in [3.05, 3.63) is 48.0 Å². The molecular weight excluding hydrogens is 424 g/mol. The number of methoxy groups -OCH3 is 1. The molecule has 1 aliphatic heterocycles. The molecule has 9 heteroatoms. The van der Waals surface area contributed by atoms with Gasteiger partial charge in [0.25, 0.3) is 0 Å². The van der Waals surface area contributed by atoms with E-state index < -0.39 is 9.84 Å². The van der Waals surface area contributed by atoms with Crippen molar-refractivity contribution < 1.29 is 22.7 Å². The van der Waals surface area contributed by atoms with Crippen molar-refractivity contribution in [2.45, 2.75) is 41.4 Å². The monoisotopic (exact) mass is 448 g/mol. The second kappa shape index (κ2) is 9.53. The van der Waals surface area contributed by atoms with E-state index in [1.807, 2.05) is 19.1 Å². The van der Waals surface area contributed by atoms with E-state index in [0.717, 1.165) is 16.2 Å². The van der Waals surface area contributed by atoms with Crippen molar-refractivity contribution in [1.29, 1.82) is 0 Å². The summed E-state index contributed by atoms with van der Waals surface area (Å²) in [7, 11) is -2.08. The largest absolute Gasteiger partial charge is 0.497 e. The molecule has 0 fully saturated rings. The van der Waals surface area contributed by atoms with Gasteiger partial charge in [0.15, 0.2) is 9.84 Å². The normalized spacial score (nSPS) is 16.2. The molecule has 0 radical (unpaired) electrons. The number of anilines is 1. The summed E-state index contributed by atoms with van der Waals surface area (Å²) in [6.45, 7) is 2.26. The zero-order chi connectivity index (χ0) is 21.7. The van der Waals surface area contributed by atoms with Crippen LogP contribution >= 0.6 is 11.8 Å². The number of fused-ring (bicyclic) bond motifs is 1. The fourth-order valence-electron chi connectivity index (χ4n) is 3.00. The lowest BCUT2D eigenvalue weighted by Gasteiger charge is -2.11. The molecule has 2 aromatic carbocycles. The van der Waals surface area contributed by atoms with E-state index in [4.69, 9.17) is 4.74 Å². The second-order valence-electron chi connectivity index (χ2n) is 7.03. The standard InChI is InChI=1S/C21H24N2O5S2/c1-14-11-21(25)23-18-12-17(7-8-19(18)29-14)30(26,27)10-9-20(24)22-13-15-3-5-16(28-2)6-4-15/h3-8,12,14H,9-11,13H2,1-2H3,(H,22,24)(H,23,25). The summed E-state index contributed by atoms with van der Waals surface area (Å²) in [6, 6.07) is 12.0. The van der Waals surface area contributed by atoms with Crippen LogP contribution in [0.3, 0.4) is 0 Å². The van der Waals surface area contributed by atoms with Crippen molar-refractivity contribution in [3.8, 4) is 5.75 Å². The van der Waals surface area contributed by atoms with Crippen molar-refractivity contribution in [1.82, 2.24) is 5.32 Å². The van der Waals surface area contributed by atoms with Crippen molar-refractivity contribution in [2.75, 3.05) is 18.2 Å². The lowest BCUT2D eigenvalue weighted by atomic mass is 10.2. The van der Waals surface area contributed by atoms with E-state index in [0.29, 0.717) is 18.7 Å². The summed E-state index contributed by atoms with van der Waals surface area (Å²) in [5, 5.41) is 5.60. The molecule has 30 heavy (non-hydrogen) atoms. The van der Waals surface area contributed by atoms with Gasteiger partial charge in [0.1, 0.15) is 5.75 Å². The number of hydrogen-bond acceptors (Lipinski definition) is 6. The molecule has 7 nitrogen and oxygen atoms in total. The van der Waals surface area contributed by atoms with Gasteiger partial charge in [-0.05, 0) is 35.9 Å². The number of carbonyl (C=O) groups is 2. The Labute approximate surface area is 180 Å². The SMILES string of the molecule is COc1ccc(CNC(=O)CCS(=O)(=O)c2ccc3c(c2)NC(=O)CC(C)S3)cc1. The van der Waals surface area contributed by atoms with E-state index in [9.17, 15) is 18.0 Å². The summed E-state index contributed by atoms with van der Waals surface area (Å²) < 4.78 is 30.5. The first-order valence-corrected chi connectivity index (χ1v) is 12.0. The van der Waals surface area contributed by atoms with Gasteiger partial charge in [-0.2, -0.15) is 0 Å². The first-order chi connectivity index (χ1) is 14.3. The number of rotatable bonds is 7. The first kappa shape index (κ1) is 22.2. The van der Waals surface area contributed by atoms with E-state index in [1.54, 1.807) is 25.3 Å². The summed E-state index contributed by atoms with van der Waals surface area (Å²) in [4.78, 5) is 25.0. The quantitative estimate of drug-likeness (QED) is 0.675. The Morgan fingerprint density at radius 2 is 1.97 bits per heavy atom. The highest BCUT2D eigenvalue weighted by molar-refractivity contribution is 8.00. The Hall–Kier alpha value is -2.52. The van der Waals surface area contributed by atoms with Gasteiger partial charge in [-0.15, -0.1) is 11.8 Å². The van der Waals surface area contributed by atoms with Crippen LogP contribution in [-0.2, 0) is 26.0 Å². The van der Waals surface area contributed by atoms with Gasteiger partial charge in [-0.1, -0.05) is 19.1 Å². The predicted molar refractivity (Wildman–Crippen MR) is 117 cm³/mol. The van der Waals surface area contributed by atoms with Crippen LogP contribution < -0.4 is 15.4 Å². The van der Waals surface area contributed by atoms with Crippen molar-refractivity contribution in [2.24, 2.45) is 0 Å². The van der Waals surface area contributed by atoms with Gasteiger partial charge >= 0.3 is 0 Å². The summed E-state index contributed by atoms with van der Waals surface area (Å²) >= 11 is 1.53. The van der Waals surface area contributed by atoms with E-state index >= 15 is 0 Å². The lowest BCUT2D eigenvalue weighted by Crippen LogP contribution is -2.25. The third kappa shape index (κ3) is 5.76. The number of amides is 2. The molecule has 0 spiro atoms. The van der Waals surface area contributed by atoms with Gasteiger partial charge in [-0.3, -0.25) is 9.59 Å². The predicted octanol–water partition coefficient (Wildman–Crippen LogP) is 3.00. The topological polar surface area (TPSA) is 102 Å². The molecule has 3 rings (SSSR count). The molecule has 0 aliphatic carbocycles. The lowest BCUT2D eigenvalue weighted by molar-refractivity contribution is -0.121. The summed E-state index contributed by atoms with van der Waals surface area (Å²) in [6.07, 6.45) is 0.226. The molecule has 2 N–H and O–H groups in total. The average Bonchev–Trinajstić information content (AvgIpc) is 2.86. The molecule has 0 aromatic heterocycles. The Morgan fingerprint density at radius 1 is 1.23 bits per heavy atom. The van der Waals surface area contributed by atoms with Gasteiger partial charge in [-0.25, -0.2) is 8.42 Å². The summed E-state index contributed by atoms with van der Waals surface area (Å²) in [5.74, 6) is -0.0680. The number of ether oxygens (including phenoxy) is 1. The summed E-state index contributed by atoms with van der Waals surface area (Å²) in [5.41, 5.74) is 1.39. The number of thioether (sulfide) groups is 1. The van der Waals surface area contributed by atoms with Crippen LogP contribution in [0.15, 0.2) is 52.3 Å². The Bertz CT molecular complexity index is 1040. The van der Waals surface area contributed by atoms with Crippen LogP contribution in [0, 0.1) is 0 Å². The zero-order valence-corrected chi connectivity index (χ0v) is 18.4. The highest BCUT2D eigenvalue weighted by Gasteiger charge is 2.22. The number of nitrogens with one attached hydrogen (secondary N) is 2. The van der Waals surface area contributed by atoms with Crippen LogP contribution in [-0.4, -0.2) is 38.3 Å². The number of benzene rings is 2. The van der Waals surface area contributed by atoms with Crippen molar-refractivity contribution in [3.63, 3.8) is 0 Å². The third-order valence-corrected chi connectivity index (χ3v) is 7.52. The van der Waals surface area contributed by atoms with Gasteiger partial charge in [0.2, 0.25) is 11.8 Å². The minimum atomic E-state index is -3.66. The van der Waals surface area contributed by atoms with Crippen LogP contribution in [0.1, 0.15) is 25.3 Å². The molecule has 0 saturated carbocycles. The molecule has 1 heterocycles. The van der Waals surface area contributed by atoms with E-state index in [2.05, 4.69) is 10.6 Å². The molecule has 1 unspecified atom stereocenters. The van der Waals surface area contributed by atoms with E-state index in [1.165, 1.54) is 23.9 Å². The minimum absolute atomic E-state index is 0.0969. The third-order valence-electron chi connectivity index (χ3n) is 4.63. The molecule has 2 amide bonds. The molecule has 160 valence electrons. The zero-order valence-electron chi connectivity index (χ0n) is 16.8. The minimum Gasteiger partial charge on any atom is -0.497 e. The van der Waals surface area contributed by atoms with Crippen LogP contribution in [0.4, 0.5) is 5.69 Å². The first-order valence-electron chi connectivity index (χ1n) is 9.50. The molecule has 0 saturated heterocycles. The average molecular weight is 449 g/mol. The highest BCUT2D eigenvalue weighted by Crippen LogP contribution is 2.36. The number of hydrogen-bond donors (Lipinski definition) is 2. The number of sulfone groups is 1. The fraction of sp³-hybridized carbons (Fsp3) is 0.333. The van der Waals surface area contributed by atoms with Gasteiger partial charge in [0, 0.05) is 29.5 Å². The molecular formula is C21H24N2O5S2. The second-order valence-corrected chi connectivity index (χ2v) is 10.6. The number of carbonyl (C=O) groups excluding carboxylic acids is 2. The van der Waals surface area contributed by atoms with Crippen molar-refractivity contribution >= 4 is 39.1 Å². The Kier molecular flexibility index (Phi) is 7.04. The highest BCUT2D eigenvalue weighted by atomic mass is 32.2. The van der Waals surface area contributed by atoms with E-state index in [-0.39, 0.29) is 34.1 Å². The molecule has 1 atom stereocenters. The smallest absolute Gasteiger partial charge is 0.225 e. The maximum absolute atomic E-state index is 12.7. The molecule has 2 aromatic rings.